The summed E-state index contributed by atoms with van der Waals surface area (Å²) in [5, 5.41) is 2.49. The smallest absolute Gasteiger partial charge is 0.255 e. The van der Waals surface area contributed by atoms with Gasteiger partial charge >= 0.3 is 0 Å². The molecule has 0 saturated carbocycles. The van der Waals surface area contributed by atoms with Gasteiger partial charge in [-0.05, 0) is 24.3 Å². The molecular formula is C16H13F2NO4. The lowest BCUT2D eigenvalue weighted by atomic mass is 10.1. The zero-order valence-corrected chi connectivity index (χ0v) is 12.2. The van der Waals surface area contributed by atoms with Crippen LogP contribution in [0.2, 0.25) is 0 Å². The Hall–Kier alpha value is -2.83. The molecule has 0 atom stereocenters. The number of fused-ring (bicyclic) bond motifs is 1. The second kappa shape index (κ2) is 6.12. The average Bonchev–Trinajstić information content (AvgIpc) is 2.57. The minimum atomic E-state index is -1.04. The maximum absolute atomic E-state index is 13.2. The van der Waals surface area contributed by atoms with Gasteiger partial charge in [0.05, 0.1) is 7.11 Å². The molecule has 2 aromatic carbocycles. The van der Waals surface area contributed by atoms with Crippen LogP contribution in [0, 0.1) is 11.6 Å². The van der Waals surface area contributed by atoms with Gasteiger partial charge in [-0.1, -0.05) is 0 Å². The molecule has 7 heteroatoms. The van der Waals surface area contributed by atoms with Gasteiger partial charge in [0, 0.05) is 17.3 Å². The topological polar surface area (TPSA) is 56.8 Å². The van der Waals surface area contributed by atoms with Gasteiger partial charge in [-0.3, -0.25) is 4.79 Å². The molecule has 0 aromatic heterocycles. The van der Waals surface area contributed by atoms with Crippen LogP contribution in [0.25, 0.3) is 0 Å². The first kappa shape index (κ1) is 15.1. The summed E-state index contributed by atoms with van der Waals surface area (Å²) >= 11 is 0. The molecule has 2 aromatic rings. The summed E-state index contributed by atoms with van der Waals surface area (Å²) in [5.74, 6) is -1.34. The van der Waals surface area contributed by atoms with Gasteiger partial charge in [-0.15, -0.1) is 0 Å². The van der Waals surface area contributed by atoms with Crippen LogP contribution in [0.5, 0.6) is 17.2 Å². The Balaban J connectivity index is 1.88. The maximum Gasteiger partial charge on any atom is 0.255 e. The third-order valence-electron chi connectivity index (χ3n) is 3.27. The Bertz CT molecular complexity index is 747. The van der Waals surface area contributed by atoms with E-state index in [-0.39, 0.29) is 11.3 Å². The largest absolute Gasteiger partial charge is 0.493 e. The van der Waals surface area contributed by atoms with Gasteiger partial charge < -0.3 is 19.5 Å². The van der Waals surface area contributed by atoms with E-state index in [0.717, 1.165) is 12.1 Å². The minimum absolute atomic E-state index is 0.141. The van der Waals surface area contributed by atoms with E-state index in [2.05, 4.69) is 5.32 Å². The Morgan fingerprint density at radius 1 is 1.13 bits per heavy atom. The number of methoxy groups -OCH3 is 1. The highest BCUT2D eigenvalue weighted by Gasteiger charge is 2.21. The van der Waals surface area contributed by atoms with Gasteiger partial charge in [0.2, 0.25) is 5.75 Å². The van der Waals surface area contributed by atoms with Crippen LogP contribution < -0.4 is 19.5 Å². The van der Waals surface area contributed by atoms with E-state index in [0.29, 0.717) is 30.5 Å². The third-order valence-corrected chi connectivity index (χ3v) is 3.27. The molecule has 1 amide bonds. The minimum Gasteiger partial charge on any atom is -0.493 e. The summed E-state index contributed by atoms with van der Waals surface area (Å²) in [6, 6.07) is 6.11. The van der Waals surface area contributed by atoms with E-state index in [1.165, 1.54) is 25.3 Å². The number of hydrogen-bond donors (Lipinski definition) is 1. The molecule has 0 fully saturated rings. The maximum atomic E-state index is 13.2. The number of rotatable bonds is 3. The highest BCUT2D eigenvalue weighted by atomic mass is 19.2. The molecule has 0 bridgehead atoms. The molecule has 0 aliphatic carbocycles. The van der Waals surface area contributed by atoms with Crippen LogP contribution >= 0.6 is 0 Å². The molecule has 23 heavy (non-hydrogen) atoms. The number of carbonyl (C=O) groups is 1. The molecule has 1 heterocycles. The first-order valence-electron chi connectivity index (χ1n) is 6.82. The SMILES string of the molecule is COc1cc(C(=O)Nc2ccc(F)c(F)c2)cc2c1OCCO2. The number of anilines is 1. The quantitative estimate of drug-likeness (QED) is 0.944. The van der Waals surface area contributed by atoms with E-state index in [1.807, 2.05) is 0 Å². The highest BCUT2D eigenvalue weighted by molar-refractivity contribution is 6.05. The molecule has 0 radical (unpaired) electrons. The fourth-order valence-electron chi connectivity index (χ4n) is 2.18. The number of hydrogen-bond acceptors (Lipinski definition) is 4. The Labute approximate surface area is 130 Å². The Morgan fingerprint density at radius 3 is 2.65 bits per heavy atom. The van der Waals surface area contributed by atoms with E-state index >= 15 is 0 Å². The molecule has 1 aliphatic heterocycles. The van der Waals surface area contributed by atoms with Crippen LogP contribution in [0.3, 0.4) is 0 Å². The van der Waals surface area contributed by atoms with E-state index in [1.54, 1.807) is 0 Å². The molecule has 1 aliphatic rings. The number of carbonyl (C=O) groups excluding carboxylic acids is 1. The molecule has 0 unspecified atom stereocenters. The second-order valence-corrected chi connectivity index (χ2v) is 4.79. The second-order valence-electron chi connectivity index (χ2n) is 4.79. The van der Waals surface area contributed by atoms with Crippen LogP contribution in [0.1, 0.15) is 10.4 Å². The van der Waals surface area contributed by atoms with Crippen LogP contribution in [0.4, 0.5) is 14.5 Å². The lowest BCUT2D eigenvalue weighted by Gasteiger charge is -2.21. The van der Waals surface area contributed by atoms with Crippen LogP contribution in [-0.2, 0) is 0 Å². The lowest BCUT2D eigenvalue weighted by molar-refractivity contribution is 0.102. The van der Waals surface area contributed by atoms with Crippen LogP contribution in [-0.4, -0.2) is 26.2 Å². The van der Waals surface area contributed by atoms with E-state index in [4.69, 9.17) is 14.2 Å². The molecule has 1 N–H and O–H groups in total. The number of ether oxygens (including phenoxy) is 3. The van der Waals surface area contributed by atoms with Crippen LogP contribution in [0.15, 0.2) is 30.3 Å². The summed E-state index contributed by atoms with van der Waals surface area (Å²) < 4.78 is 42.2. The zero-order chi connectivity index (χ0) is 16.4. The third kappa shape index (κ3) is 3.03. The predicted octanol–water partition coefficient (Wildman–Crippen LogP) is 3.00. The van der Waals surface area contributed by atoms with Gasteiger partial charge in [0.1, 0.15) is 13.2 Å². The van der Waals surface area contributed by atoms with Gasteiger partial charge in [-0.25, -0.2) is 8.78 Å². The monoisotopic (exact) mass is 321 g/mol. The van der Waals surface area contributed by atoms with E-state index in [9.17, 15) is 13.6 Å². The lowest BCUT2D eigenvalue weighted by Crippen LogP contribution is -2.18. The highest BCUT2D eigenvalue weighted by Crippen LogP contribution is 2.40. The molecule has 0 saturated heterocycles. The summed E-state index contributed by atoms with van der Waals surface area (Å²) in [4.78, 5) is 12.3. The normalized spacial score (nSPS) is 12.7. The summed E-state index contributed by atoms with van der Waals surface area (Å²) in [6.07, 6.45) is 0. The molecule has 120 valence electrons. The first-order valence-corrected chi connectivity index (χ1v) is 6.82. The van der Waals surface area contributed by atoms with Gasteiger partial charge in [-0.2, -0.15) is 0 Å². The Kier molecular flexibility index (Phi) is 4.01. The van der Waals surface area contributed by atoms with Crippen molar-refractivity contribution in [2.45, 2.75) is 0 Å². The molecular weight excluding hydrogens is 308 g/mol. The van der Waals surface area contributed by atoms with E-state index < -0.39 is 17.5 Å². The van der Waals surface area contributed by atoms with Crippen molar-refractivity contribution in [1.82, 2.24) is 0 Å². The summed E-state index contributed by atoms with van der Waals surface area (Å²) in [7, 11) is 1.45. The summed E-state index contributed by atoms with van der Waals surface area (Å²) in [5.41, 5.74) is 0.388. The van der Waals surface area contributed by atoms with Crippen molar-refractivity contribution >= 4 is 11.6 Å². The standard InChI is InChI=1S/C16H13F2NO4/c1-21-13-6-9(7-14-15(13)23-5-4-22-14)16(20)19-10-2-3-11(17)12(18)8-10/h2-3,6-8H,4-5H2,1H3,(H,19,20). The molecule has 3 rings (SSSR count). The fraction of sp³-hybridized carbons (Fsp3) is 0.188. The molecule has 0 spiro atoms. The van der Waals surface area contributed by atoms with Crippen molar-refractivity contribution < 1.29 is 27.8 Å². The molecule has 5 nitrogen and oxygen atoms in total. The van der Waals surface area contributed by atoms with Crippen molar-refractivity contribution in [2.24, 2.45) is 0 Å². The first-order chi connectivity index (χ1) is 11.1. The number of amides is 1. The average molecular weight is 321 g/mol. The predicted molar refractivity (Wildman–Crippen MR) is 78.3 cm³/mol. The Morgan fingerprint density at radius 2 is 1.91 bits per heavy atom. The zero-order valence-electron chi connectivity index (χ0n) is 12.2. The number of nitrogens with one attached hydrogen (secondary N) is 1. The fourth-order valence-corrected chi connectivity index (χ4v) is 2.18. The van der Waals surface area contributed by atoms with Crippen molar-refractivity contribution in [3.8, 4) is 17.2 Å². The van der Waals surface area contributed by atoms with Crippen molar-refractivity contribution in [3.05, 3.63) is 47.5 Å². The number of halogens is 2. The summed E-state index contributed by atoms with van der Waals surface area (Å²) in [6.45, 7) is 0.758. The van der Waals surface area contributed by atoms with Crippen molar-refractivity contribution in [2.75, 3.05) is 25.6 Å². The van der Waals surface area contributed by atoms with Gasteiger partial charge in [0.15, 0.2) is 23.1 Å². The van der Waals surface area contributed by atoms with Gasteiger partial charge in [0.25, 0.3) is 5.91 Å². The number of benzene rings is 2. The van der Waals surface area contributed by atoms with Crippen molar-refractivity contribution in [1.29, 1.82) is 0 Å². The van der Waals surface area contributed by atoms with Crippen molar-refractivity contribution in [3.63, 3.8) is 0 Å².